The third-order valence-corrected chi connectivity index (χ3v) is 2.85. The van der Waals surface area contributed by atoms with Crippen LogP contribution in [0.3, 0.4) is 0 Å². The highest BCUT2D eigenvalue weighted by atomic mass is 16.5. The summed E-state index contributed by atoms with van der Waals surface area (Å²) in [5.41, 5.74) is 2.05. The van der Waals surface area contributed by atoms with Crippen LogP contribution in [0.1, 0.15) is 10.6 Å². The number of methoxy groups -OCH3 is 1. The van der Waals surface area contributed by atoms with Gasteiger partial charge in [0.05, 0.1) is 7.11 Å². The number of hydrogen-bond acceptors (Lipinski definition) is 6. The van der Waals surface area contributed by atoms with Gasteiger partial charge in [-0.25, -0.2) is 4.68 Å². The minimum Gasteiger partial charge on any atom is -0.467 e. The van der Waals surface area contributed by atoms with E-state index in [4.69, 9.17) is 4.74 Å². The minimum atomic E-state index is -0.419. The minimum absolute atomic E-state index is 0.0357. The first-order valence-electron chi connectivity index (χ1n) is 6.14. The van der Waals surface area contributed by atoms with Crippen molar-refractivity contribution in [3.8, 4) is 6.01 Å². The van der Waals surface area contributed by atoms with Crippen LogP contribution in [0, 0.1) is 0 Å². The van der Waals surface area contributed by atoms with E-state index in [2.05, 4.69) is 25.6 Å². The van der Waals surface area contributed by atoms with Crippen molar-refractivity contribution in [3.05, 3.63) is 24.0 Å². The van der Waals surface area contributed by atoms with Crippen molar-refractivity contribution in [2.45, 2.75) is 0 Å². The van der Waals surface area contributed by atoms with Gasteiger partial charge in [0.1, 0.15) is 11.0 Å². The molecular formula is C12H13N7O2. The van der Waals surface area contributed by atoms with Gasteiger partial charge < -0.3 is 10.1 Å². The number of rotatable bonds is 3. The van der Waals surface area contributed by atoms with Crippen LogP contribution in [0.4, 0.5) is 5.69 Å². The van der Waals surface area contributed by atoms with Crippen LogP contribution in [0.2, 0.25) is 0 Å². The lowest BCUT2D eigenvalue weighted by Gasteiger charge is -2.01. The normalized spacial score (nSPS) is 10.8. The Balaban J connectivity index is 1.84. The summed E-state index contributed by atoms with van der Waals surface area (Å²) in [4.78, 5) is 17.5. The van der Waals surface area contributed by atoms with Crippen LogP contribution in [0.5, 0.6) is 6.01 Å². The van der Waals surface area contributed by atoms with Crippen molar-refractivity contribution >= 4 is 22.6 Å². The summed E-state index contributed by atoms with van der Waals surface area (Å²) >= 11 is 0. The molecule has 108 valence electrons. The number of anilines is 1. The SMILES string of the molecule is COc1nc(C(=O)Nc2ccc3nn(C)nc3c2)nn1C. The predicted octanol–water partition coefficient (Wildman–Crippen LogP) is 0.358. The van der Waals surface area contributed by atoms with Crippen molar-refractivity contribution in [1.82, 2.24) is 29.8 Å². The zero-order valence-corrected chi connectivity index (χ0v) is 11.7. The van der Waals surface area contributed by atoms with E-state index in [-0.39, 0.29) is 11.8 Å². The summed E-state index contributed by atoms with van der Waals surface area (Å²) < 4.78 is 6.36. The number of nitrogens with zero attached hydrogens (tertiary/aromatic N) is 6. The van der Waals surface area contributed by atoms with E-state index >= 15 is 0 Å². The fourth-order valence-corrected chi connectivity index (χ4v) is 1.93. The number of hydrogen-bond donors (Lipinski definition) is 1. The van der Waals surface area contributed by atoms with E-state index in [1.165, 1.54) is 16.6 Å². The molecule has 0 unspecified atom stereocenters. The molecule has 1 aromatic carbocycles. The van der Waals surface area contributed by atoms with E-state index < -0.39 is 5.91 Å². The van der Waals surface area contributed by atoms with Gasteiger partial charge in [0.2, 0.25) is 5.82 Å². The monoisotopic (exact) mass is 287 g/mol. The Hall–Kier alpha value is -2.97. The molecule has 0 atom stereocenters. The van der Waals surface area contributed by atoms with E-state index in [0.717, 1.165) is 5.52 Å². The second kappa shape index (κ2) is 4.85. The number of carbonyl (C=O) groups excluding carboxylic acids is 1. The van der Waals surface area contributed by atoms with Gasteiger partial charge in [0, 0.05) is 19.8 Å². The smallest absolute Gasteiger partial charge is 0.314 e. The molecule has 1 amide bonds. The van der Waals surface area contributed by atoms with Crippen molar-refractivity contribution in [2.75, 3.05) is 12.4 Å². The number of aryl methyl sites for hydroxylation is 2. The molecule has 0 fully saturated rings. The Morgan fingerprint density at radius 2 is 1.95 bits per heavy atom. The number of aromatic nitrogens is 6. The number of fused-ring (bicyclic) bond motifs is 1. The summed E-state index contributed by atoms with van der Waals surface area (Å²) in [7, 11) is 4.85. The van der Waals surface area contributed by atoms with Crippen LogP contribution in [0.15, 0.2) is 18.2 Å². The molecule has 0 saturated carbocycles. The molecule has 2 aromatic heterocycles. The Bertz CT molecular complexity index is 820. The molecule has 1 N–H and O–H groups in total. The van der Waals surface area contributed by atoms with Crippen molar-refractivity contribution < 1.29 is 9.53 Å². The van der Waals surface area contributed by atoms with Crippen LogP contribution < -0.4 is 10.1 Å². The molecule has 9 heteroatoms. The first kappa shape index (κ1) is 13.0. The molecule has 0 aliphatic carbocycles. The lowest BCUT2D eigenvalue weighted by molar-refractivity contribution is 0.101. The molecule has 0 aliphatic heterocycles. The molecule has 0 bridgehead atoms. The van der Waals surface area contributed by atoms with Crippen LogP contribution in [-0.4, -0.2) is 42.8 Å². The van der Waals surface area contributed by atoms with Crippen molar-refractivity contribution in [1.29, 1.82) is 0 Å². The zero-order chi connectivity index (χ0) is 15.0. The second-order valence-corrected chi connectivity index (χ2v) is 4.39. The van der Waals surface area contributed by atoms with Crippen LogP contribution in [0.25, 0.3) is 11.0 Å². The average molecular weight is 287 g/mol. The molecule has 0 spiro atoms. The number of ether oxygens (including phenoxy) is 1. The highest BCUT2D eigenvalue weighted by Gasteiger charge is 2.15. The van der Waals surface area contributed by atoms with E-state index in [9.17, 15) is 4.79 Å². The summed E-state index contributed by atoms with van der Waals surface area (Å²) in [5.74, 6) is -0.384. The third kappa shape index (κ3) is 2.40. The lowest BCUT2D eigenvalue weighted by atomic mass is 10.2. The van der Waals surface area contributed by atoms with Gasteiger partial charge in [-0.15, -0.1) is 5.10 Å². The zero-order valence-electron chi connectivity index (χ0n) is 11.7. The van der Waals surface area contributed by atoms with Crippen molar-refractivity contribution in [3.63, 3.8) is 0 Å². The van der Waals surface area contributed by atoms with Crippen molar-refractivity contribution in [2.24, 2.45) is 14.1 Å². The largest absolute Gasteiger partial charge is 0.467 e. The van der Waals surface area contributed by atoms with Crippen LogP contribution in [-0.2, 0) is 14.1 Å². The van der Waals surface area contributed by atoms with Gasteiger partial charge >= 0.3 is 6.01 Å². The molecule has 0 saturated heterocycles. The molecular weight excluding hydrogens is 274 g/mol. The van der Waals surface area contributed by atoms with E-state index in [1.807, 2.05) is 0 Å². The van der Waals surface area contributed by atoms with Gasteiger partial charge in [-0.05, 0) is 18.2 Å². The number of amides is 1. The molecule has 0 radical (unpaired) electrons. The number of benzene rings is 1. The first-order valence-corrected chi connectivity index (χ1v) is 6.14. The molecule has 21 heavy (non-hydrogen) atoms. The predicted molar refractivity (Wildman–Crippen MR) is 74.0 cm³/mol. The van der Waals surface area contributed by atoms with Gasteiger partial charge in [-0.1, -0.05) is 0 Å². The Kier molecular flexibility index (Phi) is 3.01. The maximum atomic E-state index is 12.1. The lowest BCUT2D eigenvalue weighted by Crippen LogP contribution is -2.14. The fraction of sp³-hybridized carbons (Fsp3) is 0.250. The maximum Gasteiger partial charge on any atom is 0.314 e. The quantitative estimate of drug-likeness (QED) is 0.746. The summed E-state index contributed by atoms with van der Waals surface area (Å²) in [6.07, 6.45) is 0. The van der Waals surface area contributed by atoms with Gasteiger partial charge in [0.25, 0.3) is 5.91 Å². The Morgan fingerprint density at radius 3 is 2.67 bits per heavy atom. The Labute approximate surface area is 119 Å². The maximum absolute atomic E-state index is 12.1. The van der Waals surface area contributed by atoms with Gasteiger partial charge in [-0.2, -0.15) is 20.0 Å². The molecule has 2 heterocycles. The highest BCUT2D eigenvalue weighted by molar-refractivity contribution is 6.02. The standard InChI is InChI=1S/C12H13N7O2/c1-18-12(21-3)14-10(17-18)11(20)13-7-4-5-8-9(6-7)16-19(2)15-8/h4-6H,1-3H3,(H,13,20). The molecule has 0 aliphatic rings. The van der Waals surface area contributed by atoms with Gasteiger partial charge in [0.15, 0.2) is 0 Å². The highest BCUT2D eigenvalue weighted by Crippen LogP contribution is 2.16. The van der Waals surface area contributed by atoms with E-state index in [0.29, 0.717) is 11.2 Å². The van der Waals surface area contributed by atoms with Crippen LogP contribution >= 0.6 is 0 Å². The first-order chi connectivity index (χ1) is 10.1. The number of carbonyl (C=O) groups is 1. The number of nitrogens with one attached hydrogen (secondary N) is 1. The Morgan fingerprint density at radius 1 is 1.19 bits per heavy atom. The average Bonchev–Trinajstić information content (AvgIpc) is 3.00. The summed E-state index contributed by atoms with van der Waals surface area (Å²) in [5, 5.41) is 15.0. The second-order valence-electron chi connectivity index (χ2n) is 4.39. The third-order valence-electron chi connectivity index (χ3n) is 2.85. The fourth-order valence-electron chi connectivity index (χ4n) is 1.93. The molecule has 3 rings (SSSR count). The van der Waals surface area contributed by atoms with Gasteiger partial charge in [-0.3, -0.25) is 4.79 Å². The topological polar surface area (TPSA) is 99.8 Å². The summed E-state index contributed by atoms with van der Waals surface area (Å²) in [6.45, 7) is 0. The molecule has 3 aromatic rings. The summed E-state index contributed by atoms with van der Waals surface area (Å²) in [6, 6.07) is 5.53. The molecule has 9 nitrogen and oxygen atoms in total. The van der Waals surface area contributed by atoms with E-state index in [1.54, 1.807) is 32.3 Å².